The molecule has 1 saturated heterocycles. The highest BCUT2D eigenvalue weighted by Gasteiger charge is 2.49. The minimum atomic E-state index is -1.31. The number of nitrogens with zero attached hydrogens (tertiary/aromatic N) is 3. The molecule has 0 bridgehead atoms. The third kappa shape index (κ3) is 17.6. The lowest BCUT2D eigenvalue weighted by Gasteiger charge is -2.47. The molecule has 336 valence electrons. The second-order valence-corrected chi connectivity index (χ2v) is 16.7. The third-order valence-corrected chi connectivity index (χ3v) is 11.8. The molecule has 0 amide bonds. The Kier molecular flexibility index (Phi) is 23.1. The van der Waals surface area contributed by atoms with Crippen molar-refractivity contribution in [3.8, 4) is 0 Å². The molecule has 0 aliphatic carbocycles. The van der Waals surface area contributed by atoms with Crippen molar-refractivity contribution in [1.82, 2.24) is 0 Å². The Bertz CT molecular complexity index is 1770. The van der Waals surface area contributed by atoms with Crippen LogP contribution < -0.4 is 0 Å². The summed E-state index contributed by atoms with van der Waals surface area (Å²) in [5, 5.41) is 27.0. The maximum absolute atomic E-state index is 11.6. The predicted molar refractivity (Wildman–Crippen MR) is 245 cm³/mol. The fraction of sp³-hybridized carbons (Fsp3) is 0.538. The van der Waals surface area contributed by atoms with E-state index in [2.05, 4.69) is 16.9 Å². The Morgan fingerprint density at radius 1 is 0.548 bits per heavy atom. The summed E-state index contributed by atoms with van der Waals surface area (Å²) in [5.41, 5.74) is 13.8. The van der Waals surface area contributed by atoms with Gasteiger partial charge in [-0.2, -0.15) is 0 Å². The third-order valence-electron chi connectivity index (χ3n) is 11.8. The van der Waals surface area contributed by atoms with E-state index in [4.69, 9.17) is 23.7 Å². The number of aliphatic hydroxyl groups excluding tert-OH is 2. The summed E-state index contributed by atoms with van der Waals surface area (Å²) in [6, 6.07) is 38.8. The lowest BCUT2D eigenvalue weighted by atomic mass is 9.88. The molecule has 62 heavy (non-hydrogen) atoms. The Hall–Kier alpha value is -4.09. The lowest BCUT2D eigenvalue weighted by Crippen LogP contribution is -2.62. The maximum Gasteiger partial charge on any atom is 0.115 e. The summed E-state index contributed by atoms with van der Waals surface area (Å²) in [7, 11) is 0. The molecule has 4 aromatic carbocycles. The van der Waals surface area contributed by atoms with Gasteiger partial charge in [0.2, 0.25) is 0 Å². The number of azide groups is 1. The zero-order chi connectivity index (χ0) is 43.5. The van der Waals surface area contributed by atoms with Gasteiger partial charge in [-0.15, -0.1) is 0 Å². The van der Waals surface area contributed by atoms with Crippen molar-refractivity contribution in [1.29, 1.82) is 0 Å². The van der Waals surface area contributed by atoms with Crippen LogP contribution in [-0.2, 0) is 50.1 Å². The first-order valence-corrected chi connectivity index (χ1v) is 23.2. The van der Waals surface area contributed by atoms with Crippen molar-refractivity contribution in [2.45, 2.75) is 172 Å². The molecule has 8 atom stereocenters. The SMILES string of the molecule is CCCCCCCCCCCCCC[C@@H](O)[C@@H](O)[C@H](C[C@H]1O[C@H](COCc2ccccc2)[C@H](OCc2ccccc2)[C@H](OCc2ccccc2)[C@H]1OCc1ccccc1)N=[N+]=[N-]. The number of unbranched alkanes of at least 4 members (excludes halogenated alkanes) is 11. The molecule has 10 heteroatoms. The van der Waals surface area contributed by atoms with Gasteiger partial charge in [0.15, 0.2) is 0 Å². The molecule has 1 aliphatic heterocycles. The number of hydrogen-bond acceptors (Lipinski definition) is 8. The van der Waals surface area contributed by atoms with Crippen LogP contribution in [0.2, 0.25) is 0 Å². The molecule has 0 unspecified atom stereocenters. The van der Waals surface area contributed by atoms with Gasteiger partial charge in [0.1, 0.15) is 24.4 Å². The number of ether oxygens (including phenoxy) is 5. The average Bonchev–Trinajstić information content (AvgIpc) is 3.31. The Labute approximate surface area is 370 Å². The van der Waals surface area contributed by atoms with Crippen LogP contribution in [0.4, 0.5) is 0 Å². The summed E-state index contributed by atoms with van der Waals surface area (Å²) < 4.78 is 33.8. The van der Waals surface area contributed by atoms with Crippen LogP contribution in [-0.4, -0.2) is 65.6 Å². The topological polar surface area (TPSA) is 135 Å². The molecule has 2 N–H and O–H groups in total. The van der Waals surface area contributed by atoms with Gasteiger partial charge < -0.3 is 33.9 Å². The molecule has 0 saturated carbocycles. The molecule has 1 fully saturated rings. The zero-order valence-electron chi connectivity index (χ0n) is 36.9. The lowest BCUT2D eigenvalue weighted by molar-refractivity contribution is -0.275. The molecule has 4 aromatic rings. The van der Waals surface area contributed by atoms with E-state index in [0.717, 1.165) is 41.5 Å². The van der Waals surface area contributed by atoms with E-state index in [1.807, 2.05) is 121 Å². The quantitative estimate of drug-likeness (QED) is 0.0223. The van der Waals surface area contributed by atoms with Gasteiger partial charge in [0, 0.05) is 4.91 Å². The number of rotatable bonds is 31. The number of benzene rings is 4. The molecule has 0 radical (unpaired) electrons. The highest BCUT2D eigenvalue weighted by atomic mass is 16.6. The standard InChI is InChI=1S/C52H71N3O7/c1-2-3-4-5-6-7-8-9-10-11-12-25-34-46(56)49(57)45(54-55-53)35-47-50(59-37-42-28-19-14-20-29-42)52(61-39-44-32-23-16-24-33-44)51(60-38-43-30-21-15-22-31-43)48(62-47)40-58-36-41-26-17-13-18-27-41/h13-24,26-33,45-52,56-57H,2-12,25,34-40H2,1H3/t45-,46+,47+,48+,49-,50-,51-,52+/m0/s1. The fourth-order valence-corrected chi connectivity index (χ4v) is 8.26. The predicted octanol–water partition coefficient (Wildman–Crippen LogP) is 11.6. The number of aliphatic hydroxyl groups is 2. The van der Waals surface area contributed by atoms with Crippen LogP contribution in [0, 0.1) is 0 Å². The molecule has 1 heterocycles. The van der Waals surface area contributed by atoms with E-state index < -0.39 is 48.8 Å². The molecule has 0 spiro atoms. The van der Waals surface area contributed by atoms with Crippen molar-refractivity contribution >= 4 is 0 Å². The maximum atomic E-state index is 11.6. The minimum absolute atomic E-state index is 0.0754. The first-order valence-electron chi connectivity index (χ1n) is 23.2. The van der Waals surface area contributed by atoms with Crippen LogP contribution in [0.5, 0.6) is 0 Å². The van der Waals surface area contributed by atoms with Crippen molar-refractivity contribution in [3.05, 3.63) is 154 Å². The summed E-state index contributed by atoms with van der Waals surface area (Å²) in [4.78, 5) is 3.14. The summed E-state index contributed by atoms with van der Waals surface area (Å²) >= 11 is 0. The summed E-state index contributed by atoms with van der Waals surface area (Å²) in [5.74, 6) is 0. The largest absolute Gasteiger partial charge is 0.390 e. The molecule has 0 aromatic heterocycles. The molecule has 5 rings (SSSR count). The Morgan fingerprint density at radius 3 is 1.40 bits per heavy atom. The van der Waals surface area contributed by atoms with E-state index in [1.54, 1.807) is 0 Å². The smallest absolute Gasteiger partial charge is 0.115 e. The van der Waals surface area contributed by atoms with Gasteiger partial charge in [-0.1, -0.05) is 210 Å². The second-order valence-electron chi connectivity index (χ2n) is 16.7. The van der Waals surface area contributed by atoms with Gasteiger partial charge in [-0.05, 0) is 40.6 Å². The first-order chi connectivity index (χ1) is 30.6. The van der Waals surface area contributed by atoms with E-state index in [1.165, 1.54) is 57.8 Å². The summed E-state index contributed by atoms with van der Waals surface area (Å²) in [6.07, 6.45) is 9.21. The highest BCUT2D eigenvalue weighted by molar-refractivity contribution is 5.17. The van der Waals surface area contributed by atoms with Gasteiger partial charge >= 0.3 is 0 Å². The first kappa shape index (κ1) is 48.9. The van der Waals surface area contributed by atoms with Crippen LogP contribution in [0.1, 0.15) is 119 Å². The van der Waals surface area contributed by atoms with E-state index >= 15 is 0 Å². The van der Waals surface area contributed by atoms with Crippen molar-refractivity contribution in [2.75, 3.05) is 6.61 Å². The molecule has 10 nitrogen and oxygen atoms in total. The van der Waals surface area contributed by atoms with E-state index in [9.17, 15) is 15.7 Å². The molecular formula is C52H71N3O7. The van der Waals surface area contributed by atoms with Gasteiger partial charge in [-0.3, -0.25) is 0 Å². The minimum Gasteiger partial charge on any atom is -0.390 e. The van der Waals surface area contributed by atoms with Gasteiger partial charge in [0.25, 0.3) is 0 Å². The van der Waals surface area contributed by atoms with Crippen LogP contribution in [0.3, 0.4) is 0 Å². The number of hydrogen-bond donors (Lipinski definition) is 2. The highest BCUT2D eigenvalue weighted by Crippen LogP contribution is 2.34. The Morgan fingerprint density at radius 2 is 0.952 bits per heavy atom. The Balaban J connectivity index is 1.33. The van der Waals surface area contributed by atoms with Gasteiger partial charge in [0.05, 0.1) is 57.4 Å². The van der Waals surface area contributed by atoms with E-state index in [0.29, 0.717) is 19.6 Å². The molecular weight excluding hydrogens is 779 g/mol. The van der Waals surface area contributed by atoms with Crippen molar-refractivity contribution in [3.63, 3.8) is 0 Å². The monoisotopic (exact) mass is 850 g/mol. The van der Waals surface area contributed by atoms with Crippen molar-refractivity contribution < 1.29 is 33.9 Å². The van der Waals surface area contributed by atoms with E-state index in [-0.39, 0.29) is 26.2 Å². The van der Waals surface area contributed by atoms with Crippen molar-refractivity contribution in [2.24, 2.45) is 5.11 Å². The zero-order valence-corrected chi connectivity index (χ0v) is 36.9. The van der Waals surface area contributed by atoms with Gasteiger partial charge in [-0.25, -0.2) is 0 Å². The second kappa shape index (κ2) is 29.3. The molecule has 1 aliphatic rings. The normalized spacial score (nSPS) is 20.3. The average molecular weight is 850 g/mol. The van der Waals surface area contributed by atoms with Crippen LogP contribution in [0.25, 0.3) is 10.4 Å². The van der Waals surface area contributed by atoms with Crippen LogP contribution in [0.15, 0.2) is 126 Å². The fourth-order valence-electron chi connectivity index (χ4n) is 8.26. The summed E-state index contributed by atoms with van der Waals surface area (Å²) in [6.45, 7) is 3.64. The van der Waals surface area contributed by atoms with Crippen LogP contribution >= 0.6 is 0 Å².